The largest absolute Gasteiger partial charge is 0.480 e. The molecule has 20 heavy (non-hydrogen) atoms. The number of urea groups is 1. The van der Waals surface area contributed by atoms with E-state index in [1.54, 1.807) is 18.7 Å². The molecule has 1 heterocycles. The van der Waals surface area contributed by atoms with Crippen molar-refractivity contribution in [3.8, 4) is 0 Å². The Kier molecular flexibility index (Phi) is 4.52. The normalized spacial score (nSPS) is 28.6. The van der Waals surface area contributed by atoms with Crippen LogP contribution in [-0.2, 0) is 4.79 Å². The number of nitrogens with one attached hydrogen (secondary N) is 1. The number of nitrogens with zero attached hydrogens (tertiary/aromatic N) is 1. The SMILES string of the molecule is CSC1(CNC(=O)N2CCCCC2(C)C(=O)O)CCC1. The lowest BCUT2D eigenvalue weighted by Gasteiger charge is -2.44. The summed E-state index contributed by atoms with van der Waals surface area (Å²) in [4.78, 5) is 25.4. The van der Waals surface area contributed by atoms with Crippen molar-refractivity contribution in [1.29, 1.82) is 0 Å². The van der Waals surface area contributed by atoms with Gasteiger partial charge in [0.25, 0.3) is 0 Å². The average molecular weight is 300 g/mol. The molecular weight excluding hydrogens is 276 g/mol. The first-order valence-electron chi connectivity index (χ1n) is 7.28. The Balaban J connectivity index is 1.98. The molecule has 2 fully saturated rings. The zero-order chi connectivity index (χ0) is 14.8. The molecule has 1 aliphatic heterocycles. The van der Waals surface area contributed by atoms with Gasteiger partial charge in [-0.15, -0.1) is 0 Å². The maximum absolute atomic E-state index is 12.4. The second-order valence-electron chi connectivity index (χ2n) is 6.09. The van der Waals surface area contributed by atoms with E-state index in [9.17, 15) is 14.7 Å². The molecule has 0 aromatic heterocycles. The molecule has 0 aromatic rings. The standard InChI is InChI=1S/C14H24N2O3S/c1-13(11(17)18)6-3-4-9-16(13)12(19)15-10-14(20-2)7-5-8-14/h3-10H2,1-2H3,(H,15,19)(H,17,18). The van der Waals surface area contributed by atoms with Gasteiger partial charge in [0, 0.05) is 17.8 Å². The quantitative estimate of drug-likeness (QED) is 0.836. The van der Waals surface area contributed by atoms with Gasteiger partial charge in [0.2, 0.25) is 0 Å². The van der Waals surface area contributed by atoms with E-state index in [1.807, 2.05) is 0 Å². The van der Waals surface area contributed by atoms with E-state index in [4.69, 9.17) is 0 Å². The minimum atomic E-state index is -1.06. The topological polar surface area (TPSA) is 69.6 Å². The molecule has 1 aliphatic carbocycles. The summed E-state index contributed by atoms with van der Waals surface area (Å²) in [6.07, 6.45) is 7.82. The summed E-state index contributed by atoms with van der Waals surface area (Å²) in [5, 5.41) is 12.4. The van der Waals surface area contributed by atoms with E-state index < -0.39 is 11.5 Å². The molecule has 2 N–H and O–H groups in total. The Hall–Kier alpha value is -0.910. The van der Waals surface area contributed by atoms with E-state index in [0.29, 0.717) is 19.5 Å². The van der Waals surface area contributed by atoms with Crippen molar-refractivity contribution in [2.75, 3.05) is 19.3 Å². The Morgan fingerprint density at radius 2 is 1.95 bits per heavy atom. The van der Waals surface area contributed by atoms with Crippen LogP contribution in [0.25, 0.3) is 0 Å². The van der Waals surface area contributed by atoms with Gasteiger partial charge in [-0.25, -0.2) is 9.59 Å². The van der Waals surface area contributed by atoms with Gasteiger partial charge in [0.05, 0.1) is 0 Å². The van der Waals surface area contributed by atoms with Gasteiger partial charge in [-0.3, -0.25) is 0 Å². The average Bonchev–Trinajstić information content (AvgIpc) is 2.38. The summed E-state index contributed by atoms with van der Waals surface area (Å²) < 4.78 is 0.172. The summed E-state index contributed by atoms with van der Waals surface area (Å²) in [6, 6.07) is -0.227. The number of aliphatic carboxylic acids is 1. The number of carboxylic acid groups (broad SMARTS) is 1. The fraction of sp³-hybridized carbons (Fsp3) is 0.857. The van der Waals surface area contributed by atoms with Crippen molar-refractivity contribution in [2.45, 2.75) is 55.7 Å². The molecule has 1 saturated heterocycles. The van der Waals surface area contributed by atoms with Crippen LogP contribution < -0.4 is 5.32 Å². The first-order valence-corrected chi connectivity index (χ1v) is 8.50. The van der Waals surface area contributed by atoms with Crippen LogP contribution >= 0.6 is 11.8 Å². The monoisotopic (exact) mass is 300 g/mol. The molecule has 114 valence electrons. The number of likely N-dealkylation sites (tertiary alicyclic amines) is 1. The summed E-state index contributed by atoms with van der Waals surface area (Å²) >= 11 is 1.80. The lowest BCUT2D eigenvalue weighted by molar-refractivity contribution is -0.150. The minimum Gasteiger partial charge on any atom is -0.480 e. The van der Waals surface area contributed by atoms with Crippen LogP contribution in [0.3, 0.4) is 0 Å². The maximum Gasteiger partial charge on any atom is 0.329 e. The van der Waals surface area contributed by atoms with Gasteiger partial charge in [-0.2, -0.15) is 11.8 Å². The highest BCUT2D eigenvalue weighted by atomic mass is 32.2. The third-order valence-electron chi connectivity index (χ3n) is 4.86. The predicted octanol–water partition coefficient (Wildman–Crippen LogP) is 2.31. The molecule has 2 rings (SSSR count). The number of carbonyl (C=O) groups excluding carboxylic acids is 1. The zero-order valence-electron chi connectivity index (χ0n) is 12.3. The molecule has 5 nitrogen and oxygen atoms in total. The summed E-state index contributed by atoms with van der Waals surface area (Å²) in [6.45, 7) is 2.82. The van der Waals surface area contributed by atoms with E-state index in [2.05, 4.69) is 11.6 Å². The summed E-state index contributed by atoms with van der Waals surface area (Å²) in [7, 11) is 0. The van der Waals surface area contributed by atoms with Gasteiger partial charge in [0.15, 0.2) is 0 Å². The third kappa shape index (κ3) is 2.75. The van der Waals surface area contributed by atoms with Gasteiger partial charge >= 0.3 is 12.0 Å². The van der Waals surface area contributed by atoms with Crippen LogP contribution in [0.2, 0.25) is 0 Å². The fourth-order valence-corrected chi connectivity index (χ4v) is 3.94. The molecule has 6 heteroatoms. The second-order valence-corrected chi connectivity index (χ2v) is 7.36. The van der Waals surface area contributed by atoms with E-state index in [0.717, 1.165) is 25.7 Å². The summed E-state index contributed by atoms with van der Waals surface area (Å²) in [5.74, 6) is -0.907. The van der Waals surface area contributed by atoms with E-state index in [-0.39, 0.29) is 10.8 Å². The number of piperidine rings is 1. The van der Waals surface area contributed by atoms with Crippen molar-refractivity contribution < 1.29 is 14.7 Å². The van der Waals surface area contributed by atoms with E-state index >= 15 is 0 Å². The van der Waals surface area contributed by atoms with Crippen LogP contribution in [0.15, 0.2) is 0 Å². The molecule has 1 saturated carbocycles. The number of rotatable bonds is 4. The smallest absolute Gasteiger partial charge is 0.329 e. The fourth-order valence-electron chi connectivity index (χ4n) is 3.03. The van der Waals surface area contributed by atoms with Gasteiger partial charge in [-0.1, -0.05) is 6.42 Å². The highest BCUT2D eigenvalue weighted by molar-refractivity contribution is 8.00. The molecule has 0 radical (unpaired) electrons. The Morgan fingerprint density at radius 1 is 1.25 bits per heavy atom. The van der Waals surface area contributed by atoms with Crippen molar-refractivity contribution in [3.63, 3.8) is 0 Å². The summed E-state index contributed by atoms with van der Waals surface area (Å²) in [5.41, 5.74) is -1.06. The number of thioether (sulfide) groups is 1. The first kappa shape index (κ1) is 15.5. The molecule has 1 unspecified atom stereocenters. The molecule has 2 amide bonds. The molecule has 2 aliphatic rings. The van der Waals surface area contributed by atoms with Crippen molar-refractivity contribution in [2.24, 2.45) is 0 Å². The van der Waals surface area contributed by atoms with E-state index in [1.165, 1.54) is 11.3 Å². The van der Waals surface area contributed by atoms with Crippen LogP contribution in [0.5, 0.6) is 0 Å². The molecule has 0 bridgehead atoms. The van der Waals surface area contributed by atoms with Crippen LogP contribution in [0, 0.1) is 0 Å². The Morgan fingerprint density at radius 3 is 2.45 bits per heavy atom. The van der Waals surface area contributed by atoms with Crippen molar-refractivity contribution >= 4 is 23.8 Å². The number of carboxylic acids is 1. The lowest BCUT2D eigenvalue weighted by atomic mass is 9.84. The first-order chi connectivity index (χ1) is 9.43. The van der Waals surface area contributed by atoms with Crippen LogP contribution in [0.1, 0.15) is 45.4 Å². The van der Waals surface area contributed by atoms with Crippen molar-refractivity contribution in [1.82, 2.24) is 10.2 Å². The number of carbonyl (C=O) groups is 2. The molecule has 1 atom stereocenters. The molecular formula is C14H24N2O3S. The maximum atomic E-state index is 12.4. The van der Waals surface area contributed by atoms with Gasteiger partial charge in [-0.05, 0) is 45.3 Å². The Bertz CT molecular complexity index is 392. The zero-order valence-corrected chi connectivity index (χ0v) is 13.1. The minimum absolute atomic E-state index is 0.172. The number of hydrogen-bond donors (Lipinski definition) is 2. The lowest BCUT2D eigenvalue weighted by Crippen LogP contribution is -2.61. The Labute approximate surface area is 124 Å². The molecule has 0 aromatic carbocycles. The van der Waals surface area contributed by atoms with Crippen molar-refractivity contribution in [3.05, 3.63) is 0 Å². The van der Waals surface area contributed by atoms with Gasteiger partial charge in [0.1, 0.15) is 5.54 Å². The number of amides is 2. The highest BCUT2D eigenvalue weighted by Gasteiger charge is 2.44. The van der Waals surface area contributed by atoms with Crippen LogP contribution in [-0.4, -0.2) is 51.6 Å². The second kappa shape index (κ2) is 5.84. The van der Waals surface area contributed by atoms with Gasteiger partial charge < -0.3 is 15.3 Å². The van der Waals surface area contributed by atoms with Crippen LogP contribution in [0.4, 0.5) is 4.79 Å². The highest BCUT2D eigenvalue weighted by Crippen LogP contribution is 2.42. The third-order valence-corrected chi connectivity index (χ3v) is 6.28. The molecule has 0 spiro atoms. The predicted molar refractivity (Wildman–Crippen MR) is 80.1 cm³/mol. The number of hydrogen-bond acceptors (Lipinski definition) is 3.